The molecule has 0 unspecified atom stereocenters. The zero-order chi connectivity index (χ0) is 19.4. The summed E-state index contributed by atoms with van der Waals surface area (Å²) in [5, 5.41) is 26.9. The Morgan fingerprint density at radius 2 is 1.52 bits per heavy atom. The van der Waals surface area contributed by atoms with Gasteiger partial charge in [0, 0.05) is 18.5 Å². The van der Waals surface area contributed by atoms with Crippen molar-refractivity contribution in [2.24, 2.45) is 0 Å². The lowest BCUT2D eigenvalue weighted by atomic mass is 10.1. The molecule has 25 heavy (non-hydrogen) atoms. The molecule has 0 aromatic rings. The van der Waals surface area contributed by atoms with Crippen LogP contribution >= 0.6 is 0 Å². The second kappa shape index (κ2) is 12.7. The summed E-state index contributed by atoms with van der Waals surface area (Å²) in [6.07, 6.45) is 1.80. The standard InChI is InChI=1S/C17H33N3O5/c1-11(2)18-10-6-5-7-14(17(24)25)20-16(23)13(19-12(3)4)8-9-15(21)22/h11-14,18-19H,5-10H2,1-4H3,(H,20,23)(H,21,22)(H,24,25)/t13-,14-/m0/s1. The van der Waals surface area contributed by atoms with Crippen molar-refractivity contribution in [3.8, 4) is 0 Å². The van der Waals surface area contributed by atoms with Crippen molar-refractivity contribution >= 4 is 17.8 Å². The van der Waals surface area contributed by atoms with Crippen LogP contribution in [0.1, 0.15) is 59.8 Å². The number of nitrogens with one attached hydrogen (secondary N) is 3. The van der Waals surface area contributed by atoms with Gasteiger partial charge in [0.25, 0.3) is 0 Å². The van der Waals surface area contributed by atoms with Gasteiger partial charge >= 0.3 is 11.9 Å². The summed E-state index contributed by atoms with van der Waals surface area (Å²) < 4.78 is 0. The molecule has 5 N–H and O–H groups in total. The van der Waals surface area contributed by atoms with Crippen LogP contribution in [0.5, 0.6) is 0 Å². The van der Waals surface area contributed by atoms with Gasteiger partial charge in [-0.15, -0.1) is 0 Å². The number of rotatable bonds is 14. The second-order valence-corrected chi connectivity index (χ2v) is 6.81. The van der Waals surface area contributed by atoms with Gasteiger partial charge in [-0.05, 0) is 32.2 Å². The fraction of sp³-hybridized carbons (Fsp3) is 0.824. The highest BCUT2D eigenvalue weighted by Gasteiger charge is 2.25. The van der Waals surface area contributed by atoms with Crippen LogP contribution in [0.4, 0.5) is 0 Å². The first kappa shape index (κ1) is 23.3. The number of carbonyl (C=O) groups excluding carboxylic acids is 1. The molecule has 0 aliphatic rings. The molecule has 0 bridgehead atoms. The Hall–Kier alpha value is -1.67. The minimum absolute atomic E-state index is 0.0186. The normalized spacial score (nSPS) is 13.7. The third kappa shape index (κ3) is 12.4. The summed E-state index contributed by atoms with van der Waals surface area (Å²) in [5.41, 5.74) is 0. The minimum atomic E-state index is -1.08. The molecule has 0 rings (SSSR count). The van der Waals surface area contributed by atoms with Crippen LogP contribution in [0.15, 0.2) is 0 Å². The van der Waals surface area contributed by atoms with Crippen LogP contribution in [0.3, 0.4) is 0 Å². The minimum Gasteiger partial charge on any atom is -0.481 e. The Balaban J connectivity index is 4.54. The number of aliphatic carboxylic acids is 2. The third-order valence-electron chi connectivity index (χ3n) is 3.58. The van der Waals surface area contributed by atoms with E-state index in [0.29, 0.717) is 18.9 Å². The van der Waals surface area contributed by atoms with Gasteiger partial charge in [-0.1, -0.05) is 27.7 Å². The van der Waals surface area contributed by atoms with Gasteiger partial charge < -0.3 is 26.2 Å². The van der Waals surface area contributed by atoms with E-state index in [1.54, 1.807) is 0 Å². The van der Waals surface area contributed by atoms with Crippen LogP contribution in [-0.2, 0) is 14.4 Å². The molecule has 0 aliphatic heterocycles. The van der Waals surface area contributed by atoms with Gasteiger partial charge in [0.15, 0.2) is 0 Å². The number of amides is 1. The van der Waals surface area contributed by atoms with Gasteiger partial charge in [-0.2, -0.15) is 0 Å². The lowest BCUT2D eigenvalue weighted by Crippen LogP contribution is -2.51. The number of hydrogen-bond donors (Lipinski definition) is 5. The molecule has 8 heteroatoms. The number of carboxylic acid groups (broad SMARTS) is 2. The van der Waals surface area contributed by atoms with Gasteiger partial charge in [0.05, 0.1) is 6.04 Å². The van der Waals surface area contributed by atoms with Crippen LogP contribution in [0.25, 0.3) is 0 Å². The Labute approximate surface area is 149 Å². The Morgan fingerprint density at radius 3 is 2.00 bits per heavy atom. The lowest BCUT2D eigenvalue weighted by molar-refractivity contribution is -0.143. The fourth-order valence-electron chi connectivity index (χ4n) is 2.35. The van der Waals surface area contributed by atoms with Crippen molar-refractivity contribution in [3.05, 3.63) is 0 Å². The zero-order valence-corrected chi connectivity index (χ0v) is 15.7. The van der Waals surface area contributed by atoms with E-state index >= 15 is 0 Å². The number of hydrogen-bond acceptors (Lipinski definition) is 5. The summed E-state index contributed by atoms with van der Waals surface area (Å²) in [6, 6.07) is -1.32. The quantitative estimate of drug-likeness (QED) is 0.292. The predicted molar refractivity (Wildman–Crippen MR) is 95.5 cm³/mol. The predicted octanol–water partition coefficient (Wildman–Crippen LogP) is 0.956. The van der Waals surface area contributed by atoms with Gasteiger partial charge in [0.2, 0.25) is 5.91 Å². The molecule has 0 aliphatic carbocycles. The average Bonchev–Trinajstić information content (AvgIpc) is 2.48. The van der Waals surface area contributed by atoms with Gasteiger partial charge in [-0.25, -0.2) is 4.79 Å². The number of carboxylic acids is 2. The molecular formula is C17H33N3O5. The summed E-state index contributed by atoms with van der Waals surface area (Å²) >= 11 is 0. The molecule has 2 atom stereocenters. The van der Waals surface area contributed by atoms with Crippen LogP contribution in [-0.4, -0.2) is 58.8 Å². The van der Waals surface area contributed by atoms with E-state index in [9.17, 15) is 19.5 Å². The first-order valence-corrected chi connectivity index (χ1v) is 8.87. The molecule has 0 fully saturated rings. The maximum Gasteiger partial charge on any atom is 0.326 e. The van der Waals surface area contributed by atoms with Crippen LogP contribution in [0.2, 0.25) is 0 Å². The monoisotopic (exact) mass is 359 g/mol. The molecule has 0 radical (unpaired) electrons. The molecule has 146 valence electrons. The molecule has 0 aromatic carbocycles. The van der Waals surface area contributed by atoms with Crippen LogP contribution in [0, 0.1) is 0 Å². The smallest absolute Gasteiger partial charge is 0.326 e. The van der Waals surface area contributed by atoms with E-state index in [1.165, 1.54) is 0 Å². The molecule has 0 heterocycles. The molecule has 8 nitrogen and oxygen atoms in total. The van der Waals surface area contributed by atoms with E-state index in [4.69, 9.17) is 5.11 Å². The molecule has 0 saturated carbocycles. The van der Waals surface area contributed by atoms with E-state index in [2.05, 4.69) is 16.0 Å². The summed E-state index contributed by atoms with van der Waals surface area (Å²) in [7, 11) is 0. The van der Waals surface area contributed by atoms with Gasteiger partial charge in [0.1, 0.15) is 6.04 Å². The van der Waals surface area contributed by atoms with Crippen molar-refractivity contribution in [2.45, 2.75) is 84.0 Å². The Morgan fingerprint density at radius 1 is 0.880 bits per heavy atom. The maximum absolute atomic E-state index is 12.3. The SMILES string of the molecule is CC(C)NCCCC[C@H](NC(=O)[C@H](CCC(=O)O)NC(C)C)C(=O)O. The summed E-state index contributed by atoms with van der Waals surface area (Å²) in [5.74, 6) is -2.54. The van der Waals surface area contributed by atoms with E-state index in [-0.39, 0.29) is 18.9 Å². The van der Waals surface area contributed by atoms with E-state index in [0.717, 1.165) is 13.0 Å². The molecule has 0 aromatic heterocycles. The molecule has 1 amide bonds. The topological polar surface area (TPSA) is 128 Å². The van der Waals surface area contributed by atoms with E-state index < -0.39 is 29.9 Å². The van der Waals surface area contributed by atoms with Gasteiger partial charge in [-0.3, -0.25) is 9.59 Å². The summed E-state index contributed by atoms with van der Waals surface area (Å²) in [4.78, 5) is 34.4. The largest absolute Gasteiger partial charge is 0.481 e. The zero-order valence-electron chi connectivity index (χ0n) is 15.7. The van der Waals surface area contributed by atoms with Crippen molar-refractivity contribution < 1.29 is 24.6 Å². The molecular weight excluding hydrogens is 326 g/mol. The highest BCUT2D eigenvalue weighted by atomic mass is 16.4. The number of carbonyl (C=O) groups is 3. The highest BCUT2D eigenvalue weighted by molar-refractivity contribution is 5.87. The van der Waals surface area contributed by atoms with Crippen molar-refractivity contribution in [1.82, 2.24) is 16.0 Å². The Bertz CT molecular complexity index is 427. The molecule has 0 spiro atoms. The summed E-state index contributed by atoms with van der Waals surface area (Å²) in [6.45, 7) is 8.57. The maximum atomic E-state index is 12.3. The average molecular weight is 359 g/mol. The highest BCUT2D eigenvalue weighted by Crippen LogP contribution is 2.05. The third-order valence-corrected chi connectivity index (χ3v) is 3.58. The number of unbranched alkanes of at least 4 members (excludes halogenated alkanes) is 1. The van der Waals surface area contributed by atoms with Crippen molar-refractivity contribution in [1.29, 1.82) is 0 Å². The Kier molecular flexibility index (Phi) is 11.8. The van der Waals surface area contributed by atoms with Crippen LogP contribution < -0.4 is 16.0 Å². The van der Waals surface area contributed by atoms with Crippen molar-refractivity contribution in [3.63, 3.8) is 0 Å². The lowest BCUT2D eigenvalue weighted by Gasteiger charge is -2.23. The first-order valence-electron chi connectivity index (χ1n) is 8.87. The first-order chi connectivity index (χ1) is 11.6. The fourth-order valence-corrected chi connectivity index (χ4v) is 2.35. The molecule has 0 saturated heterocycles. The second-order valence-electron chi connectivity index (χ2n) is 6.81. The van der Waals surface area contributed by atoms with Crippen molar-refractivity contribution in [2.75, 3.05) is 6.54 Å². The van der Waals surface area contributed by atoms with E-state index in [1.807, 2.05) is 27.7 Å².